The van der Waals surface area contributed by atoms with Gasteiger partial charge in [0.2, 0.25) is 41.4 Å². The Labute approximate surface area is 454 Å². The SMILES string of the molecule is CCCCCCCCCCCCCCCC(=O)N[C@H]1C[C@@H](O)CNC(=O)[C@@H]2[C@@H](O)[C@@H](C)CN2C(=O)[C@H]([C@H](O)CC#N)NC(=O)[C@H]([C@H](O)Cc2ccc(O)c(OS(=O)(=O)O)c2)NC(=O)[C@@H]2C[C@@H](O)CN2C(=O)[C@H]([C@@H](C)O)NC1=O. The molecule has 0 spiro atoms. The van der Waals surface area contributed by atoms with E-state index in [1.807, 2.05) is 0 Å². The molecule has 3 fully saturated rings. The first-order valence-electron chi connectivity index (χ1n) is 26.9. The number of carbonyl (C=O) groups excluding carboxylic acids is 7. The van der Waals surface area contributed by atoms with E-state index in [-0.39, 0.29) is 18.5 Å². The number of aliphatic hydroxyl groups is 6. The summed E-state index contributed by atoms with van der Waals surface area (Å²) in [6, 6.07) is -6.78. The van der Waals surface area contributed by atoms with E-state index in [0.29, 0.717) is 12.8 Å². The molecule has 3 heterocycles. The van der Waals surface area contributed by atoms with Gasteiger partial charge in [-0.3, -0.25) is 38.1 Å². The summed E-state index contributed by atoms with van der Waals surface area (Å²) in [5.74, 6) is -10.2. The third kappa shape index (κ3) is 19.6. The molecular weight excluding hydrogens is 1040 g/mol. The fraction of sp³-hybridized carbons (Fsp3) is 0.725. The van der Waals surface area contributed by atoms with Gasteiger partial charge in [0.25, 0.3) is 0 Å². The summed E-state index contributed by atoms with van der Waals surface area (Å²) < 4.78 is 36.6. The molecule has 13 N–H and O–H groups in total. The van der Waals surface area contributed by atoms with Crippen molar-refractivity contribution in [1.29, 1.82) is 5.26 Å². The number of rotatable bonds is 23. The maximum absolute atomic E-state index is 14.5. The molecule has 0 unspecified atom stereocenters. The molecule has 3 aliphatic heterocycles. The van der Waals surface area contributed by atoms with Gasteiger partial charge >= 0.3 is 10.4 Å². The van der Waals surface area contributed by atoms with E-state index in [4.69, 9.17) is 0 Å². The lowest BCUT2D eigenvalue weighted by Crippen LogP contribution is -2.64. The molecule has 1 aromatic carbocycles. The van der Waals surface area contributed by atoms with Gasteiger partial charge in [0.05, 0.1) is 49.1 Å². The fourth-order valence-corrected chi connectivity index (χ4v) is 10.3. The zero-order valence-electron chi connectivity index (χ0n) is 44.5. The number of β-amino-alcohol motifs (C(OH)–C–C–N with tert-alkyl or cyclic N) is 1. The zero-order valence-corrected chi connectivity index (χ0v) is 45.3. The molecule has 3 aliphatic rings. The fourth-order valence-electron chi connectivity index (χ4n) is 9.92. The Bertz CT molecular complexity index is 2360. The van der Waals surface area contributed by atoms with Crippen molar-refractivity contribution < 1.29 is 86.5 Å². The molecule has 0 aliphatic carbocycles. The highest BCUT2D eigenvalue weighted by Gasteiger charge is 2.49. The number of aliphatic hydroxyl groups excluding tert-OH is 6. The molecule has 0 radical (unpaired) electrons. The van der Waals surface area contributed by atoms with Gasteiger partial charge in [0, 0.05) is 51.2 Å². The average Bonchev–Trinajstić information content (AvgIpc) is 3.92. The molecule has 78 heavy (non-hydrogen) atoms. The number of phenols is 1. The number of phenolic OH excluding ortho intramolecular Hbond substituents is 1. The predicted octanol–water partition coefficient (Wildman–Crippen LogP) is -1.40. The molecule has 0 aromatic heterocycles. The summed E-state index contributed by atoms with van der Waals surface area (Å²) >= 11 is 0. The monoisotopic (exact) mass is 1120 g/mol. The summed E-state index contributed by atoms with van der Waals surface area (Å²) in [6.07, 6.45) is 0.627. The van der Waals surface area contributed by atoms with E-state index in [2.05, 4.69) is 37.7 Å². The van der Waals surface area contributed by atoms with E-state index in [0.717, 1.165) is 60.6 Å². The van der Waals surface area contributed by atoms with Gasteiger partial charge in [-0.15, -0.1) is 0 Å². The van der Waals surface area contributed by atoms with Crippen LogP contribution in [0.5, 0.6) is 11.5 Å². The van der Waals surface area contributed by atoms with Gasteiger partial charge in [-0.25, -0.2) is 0 Å². The Kier molecular flexibility index (Phi) is 25.9. The number of nitrogens with zero attached hydrogens (tertiary/aromatic N) is 3. The maximum Gasteiger partial charge on any atom is 0.446 e. The number of hydrogen-bond donors (Lipinski definition) is 13. The van der Waals surface area contributed by atoms with Gasteiger partial charge < -0.3 is 76.3 Å². The van der Waals surface area contributed by atoms with Crippen molar-refractivity contribution in [2.45, 2.75) is 209 Å². The number of aromatic hydroxyl groups is 1. The van der Waals surface area contributed by atoms with Crippen LogP contribution in [0.3, 0.4) is 0 Å². The lowest BCUT2D eigenvalue weighted by Gasteiger charge is -2.33. The molecule has 438 valence electrons. The Morgan fingerprint density at radius 3 is 1.94 bits per heavy atom. The van der Waals surface area contributed by atoms with Gasteiger partial charge in [-0.2, -0.15) is 13.7 Å². The van der Waals surface area contributed by atoms with Crippen LogP contribution < -0.4 is 30.8 Å². The second-order valence-corrected chi connectivity index (χ2v) is 21.8. The van der Waals surface area contributed by atoms with E-state index in [1.165, 1.54) is 51.9 Å². The quantitative estimate of drug-likeness (QED) is 0.0443. The second-order valence-electron chi connectivity index (χ2n) is 20.8. The summed E-state index contributed by atoms with van der Waals surface area (Å²) in [7, 11) is -5.20. The van der Waals surface area contributed by atoms with E-state index < -0.39 is 181 Å². The van der Waals surface area contributed by atoms with Crippen LogP contribution in [0, 0.1) is 17.2 Å². The van der Waals surface area contributed by atoms with Crippen LogP contribution in [0.25, 0.3) is 0 Å². The highest BCUT2D eigenvalue weighted by Crippen LogP contribution is 2.30. The van der Waals surface area contributed by atoms with Crippen LogP contribution in [0.15, 0.2) is 18.2 Å². The number of nitrogens with one attached hydrogen (secondary N) is 5. The van der Waals surface area contributed by atoms with Crippen molar-refractivity contribution in [1.82, 2.24) is 36.4 Å². The van der Waals surface area contributed by atoms with Gasteiger partial charge in [0.1, 0.15) is 36.3 Å². The van der Waals surface area contributed by atoms with Crippen LogP contribution >= 0.6 is 0 Å². The largest absolute Gasteiger partial charge is 0.504 e. The molecule has 13 atom stereocenters. The smallest absolute Gasteiger partial charge is 0.446 e. The third-order valence-corrected chi connectivity index (χ3v) is 14.6. The van der Waals surface area contributed by atoms with Crippen LogP contribution in [-0.2, 0) is 50.4 Å². The third-order valence-electron chi connectivity index (χ3n) is 14.2. The number of fused-ring (bicyclic) bond motifs is 2. The zero-order chi connectivity index (χ0) is 57.9. The highest BCUT2D eigenvalue weighted by molar-refractivity contribution is 7.81. The minimum atomic E-state index is -5.20. The summed E-state index contributed by atoms with van der Waals surface area (Å²) in [6.45, 7) is 3.21. The lowest BCUT2D eigenvalue weighted by molar-refractivity contribution is -0.147. The number of hydrogen-bond acceptors (Lipinski definition) is 18. The molecule has 0 bridgehead atoms. The van der Waals surface area contributed by atoms with Gasteiger partial charge in [-0.05, 0) is 31.0 Å². The van der Waals surface area contributed by atoms with Crippen molar-refractivity contribution in [3.05, 3.63) is 23.8 Å². The van der Waals surface area contributed by atoms with Gasteiger partial charge in [0.15, 0.2) is 11.5 Å². The lowest BCUT2D eigenvalue weighted by atomic mass is 9.98. The van der Waals surface area contributed by atoms with Crippen molar-refractivity contribution >= 4 is 51.7 Å². The summed E-state index contributed by atoms with van der Waals surface area (Å²) in [4.78, 5) is 101. The van der Waals surface area contributed by atoms with Crippen LogP contribution in [0.1, 0.15) is 135 Å². The highest BCUT2D eigenvalue weighted by atomic mass is 32.3. The predicted molar refractivity (Wildman–Crippen MR) is 276 cm³/mol. The molecule has 0 saturated carbocycles. The van der Waals surface area contributed by atoms with E-state index in [1.54, 1.807) is 6.07 Å². The topological polar surface area (TPSA) is 415 Å². The van der Waals surface area contributed by atoms with Crippen molar-refractivity contribution in [2.75, 3.05) is 19.6 Å². The molecule has 4 rings (SSSR count). The normalized spacial score (nSPS) is 27.2. The first-order chi connectivity index (χ1) is 36.9. The second kappa shape index (κ2) is 31.2. The van der Waals surface area contributed by atoms with Crippen LogP contribution in [0.4, 0.5) is 0 Å². The molecule has 26 nitrogen and oxygen atoms in total. The molecule has 1 aromatic rings. The Balaban J connectivity index is 1.67. The maximum atomic E-state index is 14.5. The number of nitriles is 1. The molecular formula is C51H80N8O18S. The van der Waals surface area contributed by atoms with Crippen LogP contribution in [-0.4, -0.2) is 192 Å². The van der Waals surface area contributed by atoms with Crippen molar-refractivity contribution in [2.24, 2.45) is 5.92 Å². The first kappa shape index (κ1) is 64.8. The van der Waals surface area contributed by atoms with E-state index in [9.17, 15) is 87.5 Å². The minimum Gasteiger partial charge on any atom is -0.504 e. The van der Waals surface area contributed by atoms with Gasteiger partial charge in [-0.1, -0.05) is 97.0 Å². The van der Waals surface area contributed by atoms with E-state index >= 15 is 0 Å². The molecule has 27 heteroatoms. The number of unbranched alkanes of at least 4 members (excludes halogenated alkanes) is 12. The standard InChI is InChI=1S/C51H80N8O18S/c1-4-5-6-7-8-9-10-11-12-13-14-15-16-17-40(66)54-34-24-32(61)26-53-49(71)44-45(67)29(2)27-59(44)51(73)43(37(64)20-21-52)57-48(70)42(38(65)22-31-18-19-36(63)39(23-31)77-78(74,75)76)56-47(69)35-25-33(62)28-58(35)50(72)41(30(3)60)55-46(34)68/h18-19,23,29-30,32-35,37-38,41-45,60-65,67H,4-17,20,22,24-28H2,1-3H3,(H,53,71)(H,54,66)(H,55,68)(H,56,69)(H,57,70)(H,74,75,76)/t29-,30+,32+,33+,34-,35-,37+,38+,41-,42-,43-,44-,45-/m0/s1. The van der Waals surface area contributed by atoms with Crippen molar-refractivity contribution in [3.63, 3.8) is 0 Å². The Morgan fingerprint density at radius 1 is 0.769 bits per heavy atom. The Hall–Kier alpha value is -5.73. The molecule has 7 amide bonds. The number of amides is 7. The number of carbonyl (C=O) groups is 7. The number of benzene rings is 1. The minimum absolute atomic E-state index is 0.0211. The molecule has 3 saturated heterocycles. The summed E-state index contributed by atoms with van der Waals surface area (Å²) in [5.41, 5.74) is -0.0998. The van der Waals surface area contributed by atoms with Crippen LogP contribution in [0.2, 0.25) is 0 Å². The Morgan fingerprint density at radius 2 is 1.35 bits per heavy atom. The van der Waals surface area contributed by atoms with Crippen molar-refractivity contribution in [3.8, 4) is 17.6 Å². The summed E-state index contributed by atoms with van der Waals surface area (Å²) in [5, 5.41) is 99.0. The average molecular weight is 1130 g/mol. The first-order valence-corrected chi connectivity index (χ1v) is 28.3.